The Labute approximate surface area is 340 Å². The number of hydrogen-bond acceptors (Lipinski definition) is 4. The van der Waals surface area contributed by atoms with Crippen molar-refractivity contribution in [3.05, 3.63) is 198 Å². The second-order valence-corrected chi connectivity index (χ2v) is 16.3. The average molecular weight is 749 g/mol. The molecule has 0 saturated carbocycles. The maximum Gasteiger partial charge on any atom is 0.256 e. The zero-order valence-electron chi connectivity index (χ0n) is 33.0. The molecule has 278 valence electrons. The van der Waals surface area contributed by atoms with Gasteiger partial charge >= 0.3 is 0 Å². The second-order valence-electron chi connectivity index (χ2n) is 16.3. The number of fused-ring (bicyclic) bond motifs is 6. The number of para-hydroxylation sites is 1. The molecular weight excluding hydrogens is 707 g/mol. The van der Waals surface area contributed by atoms with Crippen LogP contribution in [0.5, 0.6) is 23.0 Å². The smallest absolute Gasteiger partial charge is 0.256 e. The Morgan fingerprint density at radius 3 is 1.95 bits per heavy atom. The normalized spacial score (nSPS) is 13.9. The molecule has 3 aliphatic rings. The molecule has 0 N–H and O–H groups in total. The Hall–Kier alpha value is -6.98. The van der Waals surface area contributed by atoms with Crippen LogP contribution in [0.2, 0.25) is 0 Å². The predicted molar refractivity (Wildman–Crippen MR) is 241 cm³/mol. The molecule has 0 radical (unpaired) electrons. The fraction of sp³-hybridized carbons (Fsp3) is 0.0943. The number of hydrogen-bond donors (Lipinski definition) is 0. The molecule has 4 nitrogen and oxygen atoms in total. The zero-order valence-corrected chi connectivity index (χ0v) is 33.0. The minimum Gasteiger partial charge on any atom is -0.458 e. The van der Waals surface area contributed by atoms with Gasteiger partial charge in [-0.15, -0.1) is 0 Å². The largest absolute Gasteiger partial charge is 0.458 e. The zero-order chi connectivity index (χ0) is 39.1. The van der Waals surface area contributed by atoms with Crippen LogP contribution in [0.4, 0.5) is 34.1 Å². The van der Waals surface area contributed by atoms with Gasteiger partial charge in [-0.25, -0.2) is 0 Å². The Morgan fingerprint density at radius 1 is 0.466 bits per heavy atom. The number of benzene rings is 8. The molecule has 5 heteroatoms. The van der Waals surface area contributed by atoms with Crippen LogP contribution >= 0.6 is 0 Å². The summed E-state index contributed by atoms with van der Waals surface area (Å²) in [6.07, 6.45) is 0. The highest BCUT2D eigenvalue weighted by atomic mass is 16.5. The first-order chi connectivity index (χ1) is 28.3. The number of aryl methyl sites for hydroxylation is 2. The number of anilines is 6. The van der Waals surface area contributed by atoms with Crippen LogP contribution in [0, 0.1) is 13.8 Å². The lowest BCUT2D eigenvalue weighted by molar-refractivity contribution is 0.418. The van der Waals surface area contributed by atoms with Crippen molar-refractivity contribution in [1.29, 1.82) is 0 Å². The van der Waals surface area contributed by atoms with Gasteiger partial charge in [0.2, 0.25) is 0 Å². The van der Waals surface area contributed by atoms with E-state index in [0.29, 0.717) is 0 Å². The van der Waals surface area contributed by atoms with Crippen LogP contribution in [0.25, 0.3) is 11.1 Å². The highest BCUT2D eigenvalue weighted by Crippen LogP contribution is 2.50. The van der Waals surface area contributed by atoms with Gasteiger partial charge < -0.3 is 19.3 Å². The van der Waals surface area contributed by atoms with Crippen molar-refractivity contribution in [3.63, 3.8) is 0 Å². The highest BCUT2D eigenvalue weighted by molar-refractivity contribution is 6.99. The predicted octanol–water partition coefficient (Wildman–Crippen LogP) is 12.3. The fourth-order valence-electron chi connectivity index (χ4n) is 9.35. The molecule has 8 aromatic rings. The quantitative estimate of drug-likeness (QED) is 0.164. The van der Waals surface area contributed by atoms with Crippen molar-refractivity contribution in [2.24, 2.45) is 0 Å². The van der Waals surface area contributed by atoms with Crippen LogP contribution in [0.3, 0.4) is 0 Å². The number of nitrogens with zero attached hydrogens (tertiary/aromatic N) is 2. The van der Waals surface area contributed by atoms with Crippen molar-refractivity contribution < 1.29 is 9.47 Å². The molecule has 8 aromatic carbocycles. The van der Waals surface area contributed by atoms with E-state index in [2.05, 4.69) is 207 Å². The van der Waals surface area contributed by atoms with E-state index in [1.807, 2.05) is 6.07 Å². The summed E-state index contributed by atoms with van der Waals surface area (Å²) < 4.78 is 13.5. The van der Waals surface area contributed by atoms with E-state index in [-0.39, 0.29) is 12.1 Å². The Morgan fingerprint density at radius 2 is 1.12 bits per heavy atom. The average Bonchev–Trinajstić information content (AvgIpc) is 3.25. The van der Waals surface area contributed by atoms with Crippen LogP contribution in [-0.4, -0.2) is 6.71 Å². The summed E-state index contributed by atoms with van der Waals surface area (Å²) >= 11 is 0. The van der Waals surface area contributed by atoms with Gasteiger partial charge in [-0.3, -0.25) is 0 Å². The molecule has 3 heterocycles. The summed E-state index contributed by atoms with van der Waals surface area (Å²) in [6, 6.07) is 63.4. The Kier molecular flexibility index (Phi) is 7.71. The van der Waals surface area contributed by atoms with Crippen LogP contribution in [0.1, 0.15) is 36.1 Å². The van der Waals surface area contributed by atoms with Crippen molar-refractivity contribution in [1.82, 2.24) is 0 Å². The molecular formula is C53H41BN2O2. The van der Waals surface area contributed by atoms with Gasteiger partial charge in [0.15, 0.2) is 0 Å². The lowest BCUT2D eigenvalue weighted by Crippen LogP contribution is -2.59. The van der Waals surface area contributed by atoms with Crippen molar-refractivity contribution in [3.8, 4) is 34.1 Å². The lowest BCUT2D eigenvalue weighted by Gasteiger charge is -2.40. The van der Waals surface area contributed by atoms with E-state index in [9.17, 15) is 0 Å². The molecule has 0 spiro atoms. The molecule has 58 heavy (non-hydrogen) atoms. The molecule has 0 aromatic heterocycles. The van der Waals surface area contributed by atoms with Crippen molar-refractivity contribution in [2.45, 2.75) is 33.1 Å². The molecule has 0 amide bonds. The standard InChI is InChI=1S/C53H41BN2O2/c1-34-17-22-39(23-18-34)56-46-29-19-35(2)31-45(46)54-44-28-26-41(33-51(44)58-50-16-10-14-47(56)52(50)54)55(38-24-20-37(21-25-38)36-11-6-5-7-12-36)40-27-30-49-43(32-40)53(3,4)42-13-8-9-15-48(42)57-49/h5-33H,1-4H3. The molecule has 0 bridgehead atoms. The summed E-state index contributed by atoms with van der Waals surface area (Å²) in [5.74, 6) is 3.56. The third kappa shape index (κ3) is 5.38. The van der Waals surface area contributed by atoms with E-state index in [1.54, 1.807) is 0 Å². The molecule has 0 unspecified atom stereocenters. The van der Waals surface area contributed by atoms with Crippen molar-refractivity contribution in [2.75, 3.05) is 9.80 Å². The monoisotopic (exact) mass is 748 g/mol. The van der Waals surface area contributed by atoms with E-state index in [1.165, 1.54) is 44.4 Å². The third-order valence-electron chi connectivity index (χ3n) is 12.3. The number of rotatable bonds is 5. The first-order valence-corrected chi connectivity index (χ1v) is 20.1. The fourth-order valence-corrected chi connectivity index (χ4v) is 9.35. The minimum absolute atomic E-state index is 0.0148. The lowest BCUT2D eigenvalue weighted by atomic mass is 9.34. The van der Waals surface area contributed by atoms with E-state index >= 15 is 0 Å². The van der Waals surface area contributed by atoms with Gasteiger partial charge in [0, 0.05) is 56.7 Å². The first-order valence-electron chi connectivity index (χ1n) is 20.1. The van der Waals surface area contributed by atoms with E-state index in [0.717, 1.165) is 62.5 Å². The minimum atomic E-state index is -0.262. The van der Waals surface area contributed by atoms with Gasteiger partial charge in [-0.2, -0.15) is 0 Å². The molecule has 0 aliphatic carbocycles. The van der Waals surface area contributed by atoms with Crippen LogP contribution in [-0.2, 0) is 5.41 Å². The molecule has 3 aliphatic heterocycles. The van der Waals surface area contributed by atoms with Gasteiger partial charge in [0.05, 0.1) is 0 Å². The maximum atomic E-state index is 7.00. The Balaban J connectivity index is 1.06. The molecule has 11 rings (SSSR count). The summed E-state index contributed by atoms with van der Waals surface area (Å²) in [5.41, 5.74) is 17.2. The van der Waals surface area contributed by atoms with E-state index < -0.39 is 0 Å². The second kappa shape index (κ2) is 13.0. The third-order valence-corrected chi connectivity index (χ3v) is 12.3. The summed E-state index contributed by atoms with van der Waals surface area (Å²) in [5, 5.41) is 0. The first kappa shape index (κ1) is 34.3. The molecule has 0 atom stereocenters. The summed E-state index contributed by atoms with van der Waals surface area (Å²) in [4.78, 5) is 4.74. The summed E-state index contributed by atoms with van der Waals surface area (Å²) in [7, 11) is 0. The van der Waals surface area contributed by atoms with Crippen LogP contribution < -0.4 is 35.7 Å². The highest BCUT2D eigenvalue weighted by Gasteiger charge is 2.42. The SMILES string of the molecule is Cc1ccc(N2c3ccc(C)cc3B3c4ccc(N(c5ccc(-c6ccccc6)cc5)c5ccc6c(c5)C(C)(C)c5ccccc5O6)cc4Oc4cccc2c43)cc1. The maximum absolute atomic E-state index is 7.00. The Bertz CT molecular complexity index is 2900. The van der Waals surface area contributed by atoms with Gasteiger partial charge in [-0.05, 0) is 114 Å². The van der Waals surface area contributed by atoms with Gasteiger partial charge in [0.25, 0.3) is 6.71 Å². The van der Waals surface area contributed by atoms with E-state index in [4.69, 9.17) is 9.47 Å². The molecule has 0 fully saturated rings. The van der Waals surface area contributed by atoms with Gasteiger partial charge in [-0.1, -0.05) is 122 Å². The van der Waals surface area contributed by atoms with Crippen molar-refractivity contribution >= 4 is 57.2 Å². The summed E-state index contributed by atoms with van der Waals surface area (Å²) in [6.45, 7) is 8.92. The topological polar surface area (TPSA) is 24.9 Å². The number of ether oxygens (including phenoxy) is 2. The molecule has 0 saturated heterocycles. The van der Waals surface area contributed by atoms with Crippen LogP contribution in [0.15, 0.2) is 176 Å². The van der Waals surface area contributed by atoms with Gasteiger partial charge in [0.1, 0.15) is 23.0 Å².